The molecule has 0 bridgehead atoms. The molecule has 1 amide bonds. The SMILES string of the molecule is CCN(C)CCCOc1cc(-c2nc(C(=O)NC3CCC(O)CC3)ccc2-c2ccc(C)cc2C)ccc1Cl.Cl.O=C(O)O. The third-order valence-corrected chi connectivity index (χ3v) is 7.83. The van der Waals surface area contributed by atoms with Crippen LogP contribution in [0.5, 0.6) is 5.75 Å². The first-order chi connectivity index (χ1) is 20.5. The van der Waals surface area contributed by atoms with Gasteiger partial charge in [0.1, 0.15) is 11.4 Å². The number of hydrogen-bond donors (Lipinski definition) is 4. The summed E-state index contributed by atoms with van der Waals surface area (Å²) in [5.41, 5.74) is 6.26. The molecule has 1 saturated carbocycles. The molecule has 1 heterocycles. The molecule has 9 nitrogen and oxygen atoms in total. The predicted octanol–water partition coefficient (Wildman–Crippen LogP) is 7.08. The number of halogens is 2. The molecular weight excluding hydrogens is 605 g/mol. The van der Waals surface area contributed by atoms with E-state index >= 15 is 0 Å². The normalized spacial score (nSPS) is 15.9. The van der Waals surface area contributed by atoms with Gasteiger partial charge in [-0.25, -0.2) is 9.78 Å². The zero-order valence-corrected chi connectivity index (χ0v) is 27.2. The average Bonchev–Trinajstić information content (AvgIpc) is 2.96. The molecule has 0 unspecified atom stereocenters. The first-order valence-electron chi connectivity index (χ1n) is 14.6. The first kappa shape index (κ1) is 36.8. The topological polar surface area (TPSA) is 132 Å². The number of hydrogen-bond acceptors (Lipinski definition) is 6. The van der Waals surface area contributed by atoms with Gasteiger partial charge in [0, 0.05) is 23.7 Å². The molecule has 240 valence electrons. The fraction of sp³-hybridized carbons (Fsp3) is 0.424. The summed E-state index contributed by atoms with van der Waals surface area (Å²) in [6, 6.07) is 15.9. The van der Waals surface area contributed by atoms with E-state index in [1.165, 1.54) is 5.56 Å². The number of aromatic nitrogens is 1. The van der Waals surface area contributed by atoms with Crippen molar-refractivity contribution in [2.24, 2.45) is 0 Å². The maximum absolute atomic E-state index is 13.2. The third kappa shape index (κ3) is 11.0. The number of carbonyl (C=O) groups excluding carboxylic acids is 1. The van der Waals surface area contributed by atoms with Crippen LogP contribution in [0.2, 0.25) is 5.02 Å². The van der Waals surface area contributed by atoms with Crippen molar-refractivity contribution in [3.63, 3.8) is 0 Å². The molecule has 3 aromatic rings. The molecule has 0 spiro atoms. The van der Waals surface area contributed by atoms with E-state index < -0.39 is 6.16 Å². The lowest BCUT2D eigenvalue weighted by Crippen LogP contribution is -2.38. The van der Waals surface area contributed by atoms with Crippen LogP contribution < -0.4 is 10.1 Å². The number of benzene rings is 2. The molecule has 1 aliphatic rings. The molecule has 0 aliphatic heterocycles. The lowest BCUT2D eigenvalue weighted by molar-refractivity contribution is 0.0863. The number of pyridine rings is 1. The second kappa shape index (κ2) is 17.8. The lowest BCUT2D eigenvalue weighted by atomic mass is 9.93. The molecule has 44 heavy (non-hydrogen) atoms. The average molecular weight is 649 g/mol. The summed E-state index contributed by atoms with van der Waals surface area (Å²) in [5, 5.41) is 27.4. The van der Waals surface area contributed by atoms with Crippen molar-refractivity contribution in [1.29, 1.82) is 0 Å². The number of aryl methyl sites for hydroxylation is 2. The second-order valence-electron chi connectivity index (χ2n) is 10.9. The van der Waals surface area contributed by atoms with Gasteiger partial charge >= 0.3 is 6.16 Å². The number of amides is 1. The Labute approximate surface area is 270 Å². The molecule has 1 fully saturated rings. The van der Waals surface area contributed by atoms with Gasteiger partial charge in [0.25, 0.3) is 5.91 Å². The molecular formula is C33H43Cl2N3O6. The van der Waals surface area contributed by atoms with E-state index in [1.54, 1.807) is 6.07 Å². The zero-order valence-electron chi connectivity index (χ0n) is 25.7. The van der Waals surface area contributed by atoms with Gasteiger partial charge < -0.3 is 30.3 Å². The molecule has 4 N–H and O–H groups in total. The standard InChI is InChI=1S/C32H40ClN3O3.CH2O3.ClH/c1-5-36(4)17-6-18-39-30-20-23(8-15-28(30)33)31-27(26-13-7-21(2)19-22(26)3)14-16-29(35-31)32(38)34-24-9-11-25(37)12-10-24;2-1(3)4;/h7-8,13-16,19-20,24-25,37H,5-6,9-12,17-18H2,1-4H3,(H,34,38);(H2,2,3,4);1H. The number of nitrogens with one attached hydrogen (secondary N) is 1. The highest BCUT2D eigenvalue weighted by atomic mass is 35.5. The highest BCUT2D eigenvalue weighted by Crippen LogP contribution is 2.37. The Morgan fingerprint density at radius 1 is 1.02 bits per heavy atom. The van der Waals surface area contributed by atoms with Gasteiger partial charge in [0.2, 0.25) is 0 Å². The van der Waals surface area contributed by atoms with E-state index in [2.05, 4.69) is 56.2 Å². The summed E-state index contributed by atoms with van der Waals surface area (Å²) in [5.74, 6) is 0.410. The highest BCUT2D eigenvalue weighted by Gasteiger charge is 2.23. The maximum Gasteiger partial charge on any atom is 0.503 e. The van der Waals surface area contributed by atoms with Gasteiger partial charge in [-0.2, -0.15) is 0 Å². The number of carboxylic acid groups (broad SMARTS) is 2. The van der Waals surface area contributed by atoms with E-state index in [0.717, 1.165) is 54.6 Å². The molecule has 11 heteroatoms. The van der Waals surface area contributed by atoms with Crippen LogP contribution in [0.1, 0.15) is 60.6 Å². The van der Waals surface area contributed by atoms with Gasteiger partial charge in [-0.05, 0) is 94.9 Å². The zero-order chi connectivity index (χ0) is 31.5. The van der Waals surface area contributed by atoms with Gasteiger partial charge in [-0.1, -0.05) is 48.4 Å². The minimum atomic E-state index is -1.83. The lowest BCUT2D eigenvalue weighted by Gasteiger charge is -2.26. The fourth-order valence-corrected chi connectivity index (χ4v) is 5.23. The van der Waals surface area contributed by atoms with E-state index in [1.807, 2.05) is 24.3 Å². The molecule has 0 atom stereocenters. The summed E-state index contributed by atoms with van der Waals surface area (Å²) in [6.45, 7) is 8.81. The van der Waals surface area contributed by atoms with Crippen LogP contribution in [0.4, 0.5) is 4.79 Å². The molecule has 0 radical (unpaired) electrons. The smallest absolute Gasteiger partial charge is 0.492 e. The number of carbonyl (C=O) groups is 2. The van der Waals surface area contributed by atoms with Crippen molar-refractivity contribution in [1.82, 2.24) is 15.2 Å². The summed E-state index contributed by atoms with van der Waals surface area (Å²) >= 11 is 6.51. The number of aliphatic hydroxyl groups is 1. The summed E-state index contributed by atoms with van der Waals surface area (Å²) < 4.78 is 6.08. The molecule has 0 saturated heterocycles. The fourth-order valence-electron chi connectivity index (χ4n) is 5.05. The summed E-state index contributed by atoms with van der Waals surface area (Å²) in [7, 11) is 2.09. The van der Waals surface area contributed by atoms with Crippen LogP contribution in [-0.4, -0.2) is 76.2 Å². The number of nitrogens with zero attached hydrogens (tertiary/aromatic N) is 2. The van der Waals surface area contributed by atoms with E-state index in [0.29, 0.717) is 41.6 Å². The van der Waals surface area contributed by atoms with Gasteiger partial charge in [-0.3, -0.25) is 4.79 Å². The van der Waals surface area contributed by atoms with E-state index in [-0.39, 0.29) is 30.5 Å². The predicted molar refractivity (Wildman–Crippen MR) is 177 cm³/mol. The van der Waals surface area contributed by atoms with Crippen LogP contribution in [-0.2, 0) is 0 Å². The number of rotatable bonds is 10. The molecule has 1 aromatic heterocycles. The van der Waals surface area contributed by atoms with Crippen LogP contribution >= 0.6 is 24.0 Å². The van der Waals surface area contributed by atoms with Gasteiger partial charge in [0.05, 0.1) is 23.4 Å². The Kier molecular flexibility index (Phi) is 14.9. The largest absolute Gasteiger partial charge is 0.503 e. The van der Waals surface area contributed by atoms with Gasteiger partial charge in [0.15, 0.2) is 0 Å². The van der Waals surface area contributed by atoms with Gasteiger partial charge in [-0.15, -0.1) is 12.4 Å². The van der Waals surface area contributed by atoms with Crippen molar-refractivity contribution in [3.05, 3.63) is 70.4 Å². The highest BCUT2D eigenvalue weighted by molar-refractivity contribution is 6.32. The third-order valence-electron chi connectivity index (χ3n) is 7.52. The quantitative estimate of drug-likeness (QED) is 0.172. The Bertz CT molecular complexity index is 1390. The second-order valence-corrected chi connectivity index (χ2v) is 11.3. The first-order valence-corrected chi connectivity index (χ1v) is 15.0. The molecule has 1 aliphatic carbocycles. The Morgan fingerprint density at radius 2 is 1.68 bits per heavy atom. The van der Waals surface area contributed by atoms with Crippen molar-refractivity contribution in [2.45, 2.75) is 65.0 Å². The number of ether oxygens (including phenoxy) is 1. The van der Waals surface area contributed by atoms with Crippen LogP contribution in [0.15, 0.2) is 48.5 Å². The Morgan fingerprint density at radius 3 is 2.32 bits per heavy atom. The molecule has 4 rings (SSSR count). The minimum absolute atomic E-state index is 0. The van der Waals surface area contributed by atoms with Crippen molar-refractivity contribution >= 4 is 36.1 Å². The minimum Gasteiger partial charge on any atom is -0.492 e. The van der Waals surface area contributed by atoms with E-state index in [9.17, 15) is 9.90 Å². The Balaban J connectivity index is 0.00000127. The van der Waals surface area contributed by atoms with Crippen molar-refractivity contribution in [2.75, 3.05) is 26.7 Å². The summed E-state index contributed by atoms with van der Waals surface area (Å²) in [6.07, 6.45) is 1.74. The maximum atomic E-state index is 13.2. The number of aliphatic hydroxyl groups excluding tert-OH is 1. The van der Waals surface area contributed by atoms with E-state index in [4.69, 9.17) is 36.3 Å². The van der Waals surface area contributed by atoms with Crippen LogP contribution in [0, 0.1) is 13.8 Å². The Hall–Kier alpha value is -3.37. The monoisotopic (exact) mass is 647 g/mol. The molecule has 2 aromatic carbocycles. The van der Waals surface area contributed by atoms with Crippen molar-refractivity contribution < 1.29 is 29.6 Å². The summed E-state index contributed by atoms with van der Waals surface area (Å²) in [4.78, 5) is 28.9. The van der Waals surface area contributed by atoms with Crippen LogP contribution in [0.25, 0.3) is 22.4 Å². The van der Waals surface area contributed by atoms with Crippen molar-refractivity contribution in [3.8, 4) is 28.1 Å². The van der Waals surface area contributed by atoms with Crippen LogP contribution in [0.3, 0.4) is 0 Å².